The fraction of sp³-hybridized carbons (Fsp3) is 0.0588. The standard InChI is InChI=1S/C15H11N3.C2HF3O2/c1-3-10-16-12(6-1)14-8-5-9-15(18-14)13-7-2-4-11-17-13;3-2(4,5)1(6)7/h1-11H;(H,6,7). The van der Waals surface area contributed by atoms with Crippen LogP contribution in [-0.2, 0) is 4.79 Å². The molecule has 3 heterocycles. The Morgan fingerprint density at radius 2 is 1.16 bits per heavy atom. The van der Waals surface area contributed by atoms with Gasteiger partial charge in [-0.3, -0.25) is 9.97 Å². The van der Waals surface area contributed by atoms with Crippen molar-refractivity contribution in [3.8, 4) is 22.8 Å². The van der Waals surface area contributed by atoms with Crippen LogP contribution in [0.3, 0.4) is 0 Å². The highest BCUT2D eigenvalue weighted by Gasteiger charge is 2.38. The third kappa shape index (κ3) is 5.38. The van der Waals surface area contributed by atoms with Crippen LogP contribution in [0.2, 0.25) is 0 Å². The Hall–Kier alpha value is -3.29. The van der Waals surface area contributed by atoms with E-state index in [1.54, 1.807) is 12.4 Å². The highest BCUT2D eigenvalue weighted by molar-refractivity contribution is 5.73. The van der Waals surface area contributed by atoms with Crippen molar-refractivity contribution in [2.75, 3.05) is 0 Å². The van der Waals surface area contributed by atoms with Crippen LogP contribution in [0.5, 0.6) is 0 Å². The van der Waals surface area contributed by atoms with E-state index in [9.17, 15) is 13.2 Å². The molecule has 25 heavy (non-hydrogen) atoms. The van der Waals surface area contributed by atoms with Gasteiger partial charge >= 0.3 is 12.1 Å². The zero-order chi connectivity index (χ0) is 18.3. The minimum Gasteiger partial charge on any atom is -0.475 e. The van der Waals surface area contributed by atoms with Gasteiger partial charge in [0.15, 0.2) is 0 Å². The fourth-order valence-electron chi connectivity index (χ4n) is 1.75. The predicted molar refractivity (Wildman–Crippen MR) is 84.4 cm³/mol. The van der Waals surface area contributed by atoms with Gasteiger partial charge < -0.3 is 5.11 Å². The molecule has 5 nitrogen and oxygen atoms in total. The maximum Gasteiger partial charge on any atom is 0.490 e. The number of alkyl halides is 3. The van der Waals surface area contributed by atoms with E-state index >= 15 is 0 Å². The van der Waals surface area contributed by atoms with Crippen molar-refractivity contribution in [1.82, 2.24) is 15.0 Å². The highest BCUT2D eigenvalue weighted by Crippen LogP contribution is 2.19. The molecule has 0 unspecified atom stereocenters. The lowest BCUT2D eigenvalue weighted by Crippen LogP contribution is -2.21. The number of hydrogen-bond acceptors (Lipinski definition) is 4. The lowest BCUT2D eigenvalue weighted by atomic mass is 10.2. The average Bonchev–Trinajstić information content (AvgIpc) is 2.63. The van der Waals surface area contributed by atoms with Crippen molar-refractivity contribution in [2.45, 2.75) is 6.18 Å². The van der Waals surface area contributed by atoms with Gasteiger partial charge in [0, 0.05) is 12.4 Å². The normalized spacial score (nSPS) is 10.5. The minimum absolute atomic E-state index is 0.860. The second kappa shape index (κ2) is 8.00. The third-order valence-corrected chi connectivity index (χ3v) is 2.85. The van der Waals surface area contributed by atoms with Crippen molar-refractivity contribution in [3.63, 3.8) is 0 Å². The van der Waals surface area contributed by atoms with Gasteiger partial charge in [0.1, 0.15) is 0 Å². The number of pyridine rings is 3. The van der Waals surface area contributed by atoms with Gasteiger partial charge in [-0.15, -0.1) is 0 Å². The summed E-state index contributed by atoms with van der Waals surface area (Å²) in [6.45, 7) is 0. The molecule has 1 N–H and O–H groups in total. The van der Waals surface area contributed by atoms with E-state index in [1.165, 1.54) is 0 Å². The highest BCUT2D eigenvalue weighted by atomic mass is 19.4. The lowest BCUT2D eigenvalue weighted by molar-refractivity contribution is -0.192. The van der Waals surface area contributed by atoms with Crippen LogP contribution in [0, 0.1) is 0 Å². The number of aliphatic carboxylic acids is 1. The monoisotopic (exact) mass is 347 g/mol. The van der Waals surface area contributed by atoms with E-state index in [1.807, 2.05) is 54.6 Å². The zero-order valence-corrected chi connectivity index (χ0v) is 12.7. The lowest BCUT2D eigenvalue weighted by Gasteiger charge is -2.03. The van der Waals surface area contributed by atoms with E-state index in [0.717, 1.165) is 22.8 Å². The van der Waals surface area contributed by atoms with Crippen LogP contribution >= 0.6 is 0 Å². The summed E-state index contributed by atoms with van der Waals surface area (Å²) in [5.41, 5.74) is 3.46. The first-order chi connectivity index (χ1) is 11.9. The van der Waals surface area contributed by atoms with Crippen molar-refractivity contribution in [1.29, 1.82) is 0 Å². The van der Waals surface area contributed by atoms with Crippen molar-refractivity contribution < 1.29 is 23.1 Å². The molecule has 0 spiro atoms. The molecule has 3 rings (SSSR count). The molecular weight excluding hydrogens is 335 g/mol. The molecule has 3 aromatic heterocycles. The average molecular weight is 347 g/mol. The first-order valence-corrected chi connectivity index (χ1v) is 6.98. The quantitative estimate of drug-likeness (QED) is 0.762. The van der Waals surface area contributed by atoms with Crippen molar-refractivity contribution in [2.24, 2.45) is 0 Å². The van der Waals surface area contributed by atoms with Gasteiger partial charge in [0.2, 0.25) is 0 Å². The molecule has 0 bridgehead atoms. The summed E-state index contributed by atoms with van der Waals surface area (Å²) in [7, 11) is 0. The summed E-state index contributed by atoms with van der Waals surface area (Å²) in [5, 5.41) is 7.12. The predicted octanol–water partition coefficient (Wildman–Crippen LogP) is 3.84. The Morgan fingerprint density at radius 3 is 1.48 bits per heavy atom. The molecule has 0 atom stereocenters. The first kappa shape index (κ1) is 18.1. The SMILES string of the molecule is O=C(O)C(F)(F)F.c1ccc(-c2cccc(-c3ccccn3)n2)nc1. The summed E-state index contributed by atoms with van der Waals surface area (Å²) in [6, 6.07) is 17.5. The second-order valence-electron chi connectivity index (χ2n) is 4.64. The summed E-state index contributed by atoms with van der Waals surface area (Å²) in [4.78, 5) is 22.1. The second-order valence-corrected chi connectivity index (χ2v) is 4.64. The largest absolute Gasteiger partial charge is 0.490 e. The molecule has 0 aliphatic heterocycles. The van der Waals surface area contributed by atoms with E-state index in [2.05, 4.69) is 15.0 Å². The number of nitrogens with zero attached hydrogens (tertiary/aromatic N) is 3. The Balaban J connectivity index is 0.000000277. The Bertz CT molecular complexity index is 771. The molecule has 128 valence electrons. The smallest absolute Gasteiger partial charge is 0.475 e. The van der Waals surface area contributed by atoms with Crippen molar-refractivity contribution >= 4 is 5.97 Å². The van der Waals surface area contributed by atoms with E-state index in [-0.39, 0.29) is 0 Å². The van der Waals surface area contributed by atoms with Crippen LogP contribution in [0.1, 0.15) is 0 Å². The van der Waals surface area contributed by atoms with Crippen molar-refractivity contribution in [3.05, 3.63) is 67.0 Å². The van der Waals surface area contributed by atoms with Crippen LogP contribution in [0.15, 0.2) is 67.0 Å². The maximum absolute atomic E-state index is 10.6. The number of halogens is 3. The summed E-state index contributed by atoms with van der Waals surface area (Å²) >= 11 is 0. The van der Waals surface area contributed by atoms with Crippen LogP contribution < -0.4 is 0 Å². The summed E-state index contributed by atoms with van der Waals surface area (Å²) in [6.07, 6.45) is -1.55. The molecule has 0 amide bonds. The Morgan fingerprint density at radius 1 is 0.760 bits per heavy atom. The van der Waals surface area contributed by atoms with Gasteiger partial charge in [-0.05, 0) is 36.4 Å². The van der Waals surface area contributed by atoms with Gasteiger partial charge in [0.05, 0.1) is 22.8 Å². The van der Waals surface area contributed by atoms with Gasteiger partial charge in [0.25, 0.3) is 0 Å². The van der Waals surface area contributed by atoms with E-state index in [0.29, 0.717) is 0 Å². The maximum atomic E-state index is 10.6. The topological polar surface area (TPSA) is 76.0 Å². The molecule has 0 aliphatic carbocycles. The minimum atomic E-state index is -5.08. The molecule has 0 aliphatic rings. The molecule has 0 radical (unpaired) electrons. The first-order valence-electron chi connectivity index (χ1n) is 6.98. The number of carboxylic acid groups (broad SMARTS) is 1. The summed E-state index contributed by atoms with van der Waals surface area (Å²) in [5.74, 6) is -2.76. The number of carbonyl (C=O) groups is 1. The summed E-state index contributed by atoms with van der Waals surface area (Å²) < 4.78 is 31.7. The van der Waals surface area contributed by atoms with Gasteiger partial charge in [-0.2, -0.15) is 13.2 Å². The number of rotatable bonds is 2. The molecule has 3 aromatic rings. The number of carboxylic acids is 1. The van der Waals surface area contributed by atoms with Crippen LogP contribution in [-0.4, -0.2) is 32.2 Å². The Kier molecular flexibility index (Phi) is 5.78. The Labute approximate surface area is 140 Å². The molecule has 0 saturated heterocycles. The fourth-order valence-corrected chi connectivity index (χ4v) is 1.75. The molecule has 0 fully saturated rings. The van der Waals surface area contributed by atoms with Gasteiger partial charge in [-0.1, -0.05) is 18.2 Å². The van der Waals surface area contributed by atoms with E-state index < -0.39 is 12.1 Å². The van der Waals surface area contributed by atoms with E-state index in [4.69, 9.17) is 9.90 Å². The van der Waals surface area contributed by atoms with Gasteiger partial charge in [-0.25, -0.2) is 9.78 Å². The molecule has 8 heteroatoms. The molecule has 0 saturated carbocycles. The number of aromatic nitrogens is 3. The third-order valence-electron chi connectivity index (χ3n) is 2.85. The zero-order valence-electron chi connectivity index (χ0n) is 12.7. The molecule has 0 aromatic carbocycles. The number of hydrogen-bond donors (Lipinski definition) is 1. The molecular formula is C17H12F3N3O2. The van der Waals surface area contributed by atoms with Crippen LogP contribution in [0.4, 0.5) is 13.2 Å². The van der Waals surface area contributed by atoms with Crippen LogP contribution in [0.25, 0.3) is 22.8 Å².